The Labute approximate surface area is 158 Å². The van der Waals surface area contributed by atoms with Crippen LogP contribution in [0.3, 0.4) is 0 Å². The lowest BCUT2D eigenvalue weighted by Crippen LogP contribution is -2.33. The third-order valence-electron chi connectivity index (χ3n) is 4.54. The van der Waals surface area contributed by atoms with Gasteiger partial charge in [-0.25, -0.2) is 4.68 Å². The SMILES string of the molecule is CCN(C(=O)c1cn(Cc2ccccc2)nn1)C(C)c1ccc(C#N)cc1. The van der Waals surface area contributed by atoms with Crippen molar-refractivity contribution in [2.45, 2.75) is 26.4 Å². The van der Waals surface area contributed by atoms with Crippen LogP contribution in [-0.4, -0.2) is 32.3 Å². The van der Waals surface area contributed by atoms with Crippen molar-refractivity contribution in [1.29, 1.82) is 5.26 Å². The molecule has 1 amide bonds. The number of hydrogen-bond acceptors (Lipinski definition) is 4. The molecule has 0 aliphatic heterocycles. The molecule has 6 nitrogen and oxygen atoms in total. The van der Waals surface area contributed by atoms with Crippen LogP contribution in [-0.2, 0) is 6.54 Å². The van der Waals surface area contributed by atoms with Gasteiger partial charge in [0.05, 0.1) is 30.4 Å². The number of aromatic nitrogens is 3. The number of hydrogen-bond donors (Lipinski definition) is 0. The van der Waals surface area contributed by atoms with Crippen LogP contribution in [0.15, 0.2) is 60.8 Å². The summed E-state index contributed by atoms with van der Waals surface area (Å²) in [6.07, 6.45) is 1.68. The third kappa shape index (κ3) is 4.21. The first-order valence-corrected chi connectivity index (χ1v) is 8.87. The van der Waals surface area contributed by atoms with Gasteiger partial charge in [0, 0.05) is 6.54 Å². The van der Waals surface area contributed by atoms with Gasteiger partial charge in [0.15, 0.2) is 5.69 Å². The summed E-state index contributed by atoms with van der Waals surface area (Å²) >= 11 is 0. The minimum Gasteiger partial charge on any atom is -0.331 e. The predicted octanol–water partition coefficient (Wildman–Crippen LogP) is 3.42. The van der Waals surface area contributed by atoms with E-state index in [1.807, 2.05) is 56.3 Å². The molecular weight excluding hydrogens is 338 g/mol. The molecule has 6 heteroatoms. The van der Waals surface area contributed by atoms with E-state index >= 15 is 0 Å². The Morgan fingerprint density at radius 3 is 2.52 bits per heavy atom. The second kappa shape index (κ2) is 8.28. The average molecular weight is 359 g/mol. The summed E-state index contributed by atoms with van der Waals surface area (Å²) in [5.41, 5.74) is 3.00. The van der Waals surface area contributed by atoms with Gasteiger partial charge in [-0.05, 0) is 37.1 Å². The van der Waals surface area contributed by atoms with E-state index in [9.17, 15) is 4.79 Å². The molecule has 0 aliphatic carbocycles. The van der Waals surface area contributed by atoms with Crippen molar-refractivity contribution < 1.29 is 4.79 Å². The summed E-state index contributed by atoms with van der Waals surface area (Å²) < 4.78 is 1.67. The fourth-order valence-electron chi connectivity index (χ4n) is 3.00. The van der Waals surface area contributed by atoms with Crippen LogP contribution >= 0.6 is 0 Å². The zero-order valence-corrected chi connectivity index (χ0v) is 15.4. The largest absolute Gasteiger partial charge is 0.331 e. The van der Waals surface area contributed by atoms with Crippen molar-refractivity contribution in [3.05, 3.63) is 83.2 Å². The number of nitrogens with zero attached hydrogens (tertiary/aromatic N) is 5. The van der Waals surface area contributed by atoms with E-state index in [1.165, 1.54) is 0 Å². The molecule has 3 rings (SSSR count). The Hall–Kier alpha value is -3.46. The molecule has 0 aliphatic rings. The standard InChI is InChI=1S/C21H21N5O/c1-3-26(16(2)19-11-9-17(13-22)10-12-19)21(27)20-15-25(24-23-20)14-18-7-5-4-6-8-18/h4-12,15-16H,3,14H2,1-2H3. The van der Waals surface area contributed by atoms with Gasteiger partial charge in [0.25, 0.3) is 5.91 Å². The van der Waals surface area contributed by atoms with Crippen LogP contribution in [0.1, 0.15) is 47.1 Å². The number of nitriles is 1. The number of carbonyl (C=O) groups excluding carboxylic acids is 1. The topological polar surface area (TPSA) is 74.8 Å². The number of carbonyl (C=O) groups is 1. The molecule has 27 heavy (non-hydrogen) atoms. The molecule has 0 saturated carbocycles. The van der Waals surface area contributed by atoms with Gasteiger partial charge in [-0.1, -0.05) is 47.7 Å². The molecule has 1 aromatic heterocycles. The summed E-state index contributed by atoms with van der Waals surface area (Å²) in [7, 11) is 0. The van der Waals surface area contributed by atoms with Crippen LogP contribution in [0, 0.1) is 11.3 Å². The van der Waals surface area contributed by atoms with Gasteiger partial charge in [0.2, 0.25) is 0 Å². The van der Waals surface area contributed by atoms with Crippen molar-refractivity contribution >= 4 is 5.91 Å². The zero-order valence-electron chi connectivity index (χ0n) is 15.4. The number of amides is 1. The molecule has 3 aromatic rings. The number of benzene rings is 2. The smallest absolute Gasteiger partial charge is 0.276 e. The molecule has 136 valence electrons. The molecule has 0 N–H and O–H groups in total. The first-order chi connectivity index (χ1) is 13.1. The Balaban J connectivity index is 1.75. The van der Waals surface area contributed by atoms with Gasteiger partial charge >= 0.3 is 0 Å². The third-order valence-corrected chi connectivity index (χ3v) is 4.54. The second-order valence-corrected chi connectivity index (χ2v) is 6.29. The fraction of sp³-hybridized carbons (Fsp3) is 0.238. The van der Waals surface area contributed by atoms with E-state index in [0.717, 1.165) is 11.1 Å². The maximum absolute atomic E-state index is 12.9. The lowest BCUT2D eigenvalue weighted by molar-refractivity contribution is 0.0696. The highest BCUT2D eigenvalue weighted by Gasteiger charge is 2.23. The predicted molar refractivity (Wildman–Crippen MR) is 102 cm³/mol. The van der Waals surface area contributed by atoms with Gasteiger partial charge in [-0.2, -0.15) is 5.26 Å². The monoisotopic (exact) mass is 359 g/mol. The van der Waals surface area contributed by atoms with Crippen LogP contribution in [0.25, 0.3) is 0 Å². The van der Waals surface area contributed by atoms with Crippen LogP contribution in [0.4, 0.5) is 0 Å². The molecule has 1 unspecified atom stereocenters. The van der Waals surface area contributed by atoms with E-state index in [-0.39, 0.29) is 11.9 Å². The zero-order chi connectivity index (χ0) is 19.2. The van der Waals surface area contributed by atoms with Crippen molar-refractivity contribution in [3.8, 4) is 6.07 Å². The molecule has 1 atom stereocenters. The first-order valence-electron chi connectivity index (χ1n) is 8.87. The summed E-state index contributed by atoms with van der Waals surface area (Å²) in [6.45, 7) is 5.02. The summed E-state index contributed by atoms with van der Waals surface area (Å²) in [6, 6.07) is 19.2. The van der Waals surface area contributed by atoms with E-state index in [0.29, 0.717) is 24.3 Å². The molecule has 0 saturated heterocycles. The Morgan fingerprint density at radius 1 is 1.19 bits per heavy atom. The van der Waals surface area contributed by atoms with Gasteiger partial charge < -0.3 is 4.90 Å². The van der Waals surface area contributed by atoms with E-state index < -0.39 is 0 Å². The average Bonchev–Trinajstić information content (AvgIpc) is 3.17. The van der Waals surface area contributed by atoms with Gasteiger partial charge in [-0.15, -0.1) is 5.10 Å². The van der Waals surface area contributed by atoms with Crippen LogP contribution < -0.4 is 0 Å². The highest BCUT2D eigenvalue weighted by atomic mass is 16.2. The first kappa shape index (κ1) is 18.3. The summed E-state index contributed by atoms with van der Waals surface area (Å²) in [5.74, 6) is -0.159. The van der Waals surface area contributed by atoms with E-state index in [4.69, 9.17) is 5.26 Å². The second-order valence-electron chi connectivity index (χ2n) is 6.29. The van der Waals surface area contributed by atoms with E-state index in [1.54, 1.807) is 27.9 Å². The van der Waals surface area contributed by atoms with Gasteiger partial charge in [-0.3, -0.25) is 4.79 Å². The molecule has 1 heterocycles. The molecule has 0 radical (unpaired) electrons. The lowest BCUT2D eigenvalue weighted by atomic mass is 10.0. The maximum atomic E-state index is 12.9. The molecule has 0 fully saturated rings. The molecular formula is C21H21N5O. The van der Waals surface area contributed by atoms with Crippen molar-refractivity contribution in [2.24, 2.45) is 0 Å². The highest BCUT2D eigenvalue weighted by molar-refractivity contribution is 5.92. The quantitative estimate of drug-likeness (QED) is 0.676. The molecule has 0 bridgehead atoms. The van der Waals surface area contributed by atoms with Crippen molar-refractivity contribution in [1.82, 2.24) is 19.9 Å². The molecule has 2 aromatic carbocycles. The van der Waals surface area contributed by atoms with E-state index in [2.05, 4.69) is 16.4 Å². The number of rotatable bonds is 6. The van der Waals surface area contributed by atoms with Crippen molar-refractivity contribution in [2.75, 3.05) is 6.54 Å². The van der Waals surface area contributed by atoms with Crippen molar-refractivity contribution in [3.63, 3.8) is 0 Å². The maximum Gasteiger partial charge on any atom is 0.276 e. The highest BCUT2D eigenvalue weighted by Crippen LogP contribution is 2.22. The fourth-order valence-corrected chi connectivity index (χ4v) is 3.00. The normalized spacial score (nSPS) is 11.6. The van der Waals surface area contributed by atoms with Gasteiger partial charge in [0.1, 0.15) is 0 Å². The Morgan fingerprint density at radius 2 is 1.89 bits per heavy atom. The minimum absolute atomic E-state index is 0.130. The lowest BCUT2D eigenvalue weighted by Gasteiger charge is -2.27. The van der Waals surface area contributed by atoms with Crippen LogP contribution in [0.5, 0.6) is 0 Å². The molecule has 0 spiro atoms. The summed E-state index contributed by atoms with van der Waals surface area (Å²) in [5, 5.41) is 17.1. The Kier molecular flexibility index (Phi) is 5.62. The Bertz CT molecular complexity index is 941. The van der Waals surface area contributed by atoms with Crippen LogP contribution in [0.2, 0.25) is 0 Å². The minimum atomic E-state index is -0.159. The summed E-state index contributed by atoms with van der Waals surface area (Å²) in [4.78, 5) is 14.7.